The maximum Gasteiger partial charge on any atom is 0.181 e. The molecule has 6 heteroatoms. The maximum absolute atomic E-state index is 13.0. The Bertz CT molecular complexity index is 737. The van der Waals surface area contributed by atoms with E-state index >= 15 is 0 Å². The summed E-state index contributed by atoms with van der Waals surface area (Å²) in [6.45, 7) is 0. The van der Waals surface area contributed by atoms with E-state index < -0.39 is 11.6 Å². The summed E-state index contributed by atoms with van der Waals surface area (Å²) in [6, 6.07) is 8.17. The van der Waals surface area contributed by atoms with Crippen LogP contribution in [0.3, 0.4) is 0 Å². The Balaban J connectivity index is 1.95. The van der Waals surface area contributed by atoms with Crippen molar-refractivity contribution in [1.82, 2.24) is 4.98 Å². The second kappa shape index (κ2) is 4.47. The number of benzene rings is 2. The van der Waals surface area contributed by atoms with Crippen molar-refractivity contribution in [3.8, 4) is 11.5 Å². The smallest absolute Gasteiger partial charge is 0.181 e. The van der Waals surface area contributed by atoms with Crippen LogP contribution in [-0.4, -0.2) is 4.98 Å². The van der Waals surface area contributed by atoms with Crippen molar-refractivity contribution < 1.29 is 13.5 Å². The molecule has 0 aliphatic heterocycles. The van der Waals surface area contributed by atoms with Crippen LogP contribution in [-0.2, 0) is 0 Å². The van der Waals surface area contributed by atoms with Crippen molar-refractivity contribution in [2.45, 2.75) is 0 Å². The summed E-state index contributed by atoms with van der Waals surface area (Å²) in [5.41, 5.74) is 6.36. The molecule has 2 N–H and O–H groups in total. The zero-order chi connectivity index (χ0) is 13.4. The number of nitrogens with zero attached hydrogens (tertiary/aromatic N) is 1. The number of rotatable bonds is 2. The first-order valence-electron chi connectivity index (χ1n) is 5.40. The van der Waals surface area contributed by atoms with Crippen LogP contribution in [0, 0.1) is 11.6 Å². The largest absolute Gasteiger partial charge is 0.457 e. The fourth-order valence-corrected chi connectivity index (χ4v) is 2.47. The highest BCUT2D eigenvalue weighted by molar-refractivity contribution is 7.22. The molecule has 0 spiro atoms. The highest BCUT2D eigenvalue weighted by Crippen LogP contribution is 2.30. The predicted molar refractivity (Wildman–Crippen MR) is 70.5 cm³/mol. The van der Waals surface area contributed by atoms with Crippen LogP contribution in [0.4, 0.5) is 13.9 Å². The molecule has 3 nitrogen and oxygen atoms in total. The molecule has 0 fully saturated rings. The van der Waals surface area contributed by atoms with Crippen molar-refractivity contribution >= 4 is 26.7 Å². The zero-order valence-electron chi connectivity index (χ0n) is 9.56. The third-order valence-electron chi connectivity index (χ3n) is 2.45. The van der Waals surface area contributed by atoms with Gasteiger partial charge in [0, 0.05) is 24.3 Å². The van der Waals surface area contributed by atoms with Gasteiger partial charge < -0.3 is 10.5 Å². The highest BCUT2D eigenvalue weighted by Gasteiger charge is 2.06. The molecular weight excluding hydrogens is 270 g/mol. The molecule has 3 aromatic rings. The van der Waals surface area contributed by atoms with E-state index in [0.29, 0.717) is 10.9 Å². The van der Waals surface area contributed by atoms with Gasteiger partial charge in [-0.25, -0.2) is 13.8 Å². The molecule has 3 rings (SSSR count). The topological polar surface area (TPSA) is 48.1 Å². The number of ether oxygens (including phenoxy) is 1. The molecule has 0 atom stereocenters. The van der Waals surface area contributed by atoms with Gasteiger partial charge in [-0.15, -0.1) is 0 Å². The van der Waals surface area contributed by atoms with Crippen LogP contribution in [0.1, 0.15) is 0 Å². The molecule has 0 saturated heterocycles. The van der Waals surface area contributed by atoms with Crippen molar-refractivity contribution in [2.24, 2.45) is 0 Å². The van der Waals surface area contributed by atoms with E-state index in [1.54, 1.807) is 18.2 Å². The maximum atomic E-state index is 13.0. The third-order valence-corrected chi connectivity index (χ3v) is 3.30. The Hall–Kier alpha value is -2.21. The quantitative estimate of drug-likeness (QED) is 0.772. The summed E-state index contributed by atoms with van der Waals surface area (Å²) in [4.78, 5) is 4.11. The van der Waals surface area contributed by atoms with Crippen LogP contribution in [0.5, 0.6) is 11.5 Å². The first-order valence-corrected chi connectivity index (χ1v) is 6.22. The molecule has 0 saturated carbocycles. The summed E-state index contributed by atoms with van der Waals surface area (Å²) >= 11 is 1.32. The number of hydrogen-bond acceptors (Lipinski definition) is 4. The monoisotopic (exact) mass is 278 g/mol. The van der Waals surface area contributed by atoms with Crippen molar-refractivity contribution in [3.05, 3.63) is 48.0 Å². The van der Waals surface area contributed by atoms with E-state index in [2.05, 4.69) is 4.98 Å². The fourth-order valence-electron chi connectivity index (χ4n) is 1.71. The number of fused-ring (bicyclic) bond motifs is 1. The molecule has 19 heavy (non-hydrogen) atoms. The van der Waals surface area contributed by atoms with Gasteiger partial charge >= 0.3 is 0 Å². The average Bonchev–Trinajstić information content (AvgIpc) is 2.67. The van der Waals surface area contributed by atoms with Gasteiger partial charge in [-0.2, -0.15) is 0 Å². The Kier molecular flexibility index (Phi) is 2.79. The van der Waals surface area contributed by atoms with Gasteiger partial charge in [-0.05, 0) is 12.1 Å². The molecule has 1 aromatic heterocycles. The summed E-state index contributed by atoms with van der Waals surface area (Å²) in [5.74, 6) is -0.785. The first-order chi connectivity index (χ1) is 9.10. The van der Waals surface area contributed by atoms with Gasteiger partial charge in [0.25, 0.3) is 0 Å². The molecule has 0 aliphatic rings. The van der Waals surface area contributed by atoms with Crippen LogP contribution in [0.25, 0.3) is 10.2 Å². The Morgan fingerprint density at radius 1 is 1.00 bits per heavy atom. The van der Waals surface area contributed by atoms with E-state index in [1.165, 1.54) is 11.3 Å². The van der Waals surface area contributed by atoms with Gasteiger partial charge in [0.15, 0.2) is 5.13 Å². The standard InChI is InChI=1S/C13H8F2N2OS/c14-7-3-8(15)5-10(4-7)18-9-1-2-11-12(6-9)19-13(16)17-11/h1-6H,(H2,16,17). The molecule has 0 bridgehead atoms. The normalized spacial score (nSPS) is 10.8. The Labute approximate surface area is 111 Å². The summed E-state index contributed by atoms with van der Waals surface area (Å²) in [5, 5.41) is 0.462. The number of hydrogen-bond donors (Lipinski definition) is 1. The summed E-state index contributed by atoms with van der Waals surface area (Å²) in [7, 11) is 0. The lowest BCUT2D eigenvalue weighted by Gasteiger charge is -2.05. The Morgan fingerprint density at radius 3 is 2.47 bits per heavy atom. The van der Waals surface area contributed by atoms with Crippen molar-refractivity contribution in [2.75, 3.05) is 5.73 Å². The predicted octanol–water partition coefficient (Wildman–Crippen LogP) is 3.95. The van der Waals surface area contributed by atoms with Crippen LogP contribution >= 0.6 is 11.3 Å². The minimum absolute atomic E-state index is 0.106. The van der Waals surface area contributed by atoms with Gasteiger partial charge in [0.2, 0.25) is 0 Å². The lowest BCUT2D eigenvalue weighted by atomic mass is 10.3. The fraction of sp³-hybridized carbons (Fsp3) is 0. The van der Waals surface area contributed by atoms with Gasteiger partial charge in [-0.1, -0.05) is 11.3 Å². The van der Waals surface area contributed by atoms with E-state index in [4.69, 9.17) is 10.5 Å². The SMILES string of the molecule is Nc1nc2ccc(Oc3cc(F)cc(F)c3)cc2s1. The van der Waals surface area contributed by atoms with E-state index in [-0.39, 0.29) is 5.75 Å². The van der Waals surface area contributed by atoms with Gasteiger partial charge in [0.05, 0.1) is 10.2 Å². The molecule has 1 heterocycles. The number of halogens is 2. The molecule has 0 unspecified atom stereocenters. The number of nitrogens with two attached hydrogens (primary N) is 1. The van der Waals surface area contributed by atoms with Crippen LogP contribution < -0.4 is 10.5 Å². The average molecular weight is 278 g/mol. The van der Waals surface area contributed by atoms with E-state index in [1.807, 2.05) is 0 Å². The highest BCUT2D eigenvalue weighted by atomic mass is 32.1. The lowest BCUT2D eigenvalue weighted by molar-refractivity contribution is 0.469. The van der Waals surface area contributed by atoms with E-state index in [9.17, 15) is 8.78 Å². The molecule has 2 aromatic carbocycles. The molecule has 0 aliphatic carbocycles. The van der Waals surface area contributed by atoms with Gasteiger partial charge in [-0.3, -0.25) is 0 Å². The minimum Gasteiger partial charge on any atom is -0.457 e. The van der Waals surface area contributed by atoms with Gasteiger partial charge in [0.1, 0.15) is 23.1 Å². The lowest BCUT2D eigenvalue weighted by Crippen LogP contribution is -1.87. The Morgan fingerprint density at radius 2 is 1.74 bits per heavy atom. The first kappa shape index (κ1) is 11.9. The zero-order valence-corrected chi connectivity index (χ0v) is 10.4. The molecule has 0 amide bonds. The number of aromatic nitrogens is 1. The second-order valence-corrected chi connectivity index (χ2v) is 4.95. The minimum atomic E-state index is -0.682. The van der Waals surface area contributed by atoms with Crippen LogP contribution in [0.15, 0.2) is 36.4 Å². The van der Waals surface area contributed by atoms with E-state index in [0.717, 1.165) is 28.4 Å². The van der Waals surface area contributed by atoms with Crippen molar-refractivity contribution in [1.29, 1.82) is 0 Å². The van der Waals surface area contributed by atoms with Crippen LogP contribution in [0.2, 0.25) is 0 Å². The molecule has 96 valence electrons. The molecule has 0 radical (unpaired) electrons. The second-order valence-electron chi connectivity index (χ2n) is 3.89. The molecular formula is C13H8F2N2OS. The number of anilines is 1. The number of thiazole rings is 1. The summed E-state index contributed by atoms with van der Waals surface area (Å²) < 4.78 is 32.4. The summed E-state index contributed by atoms with van der Waals surface area (Å²) in [6.07, 6.45) is 0. The number of nitrogen functional groups attached to an aromatic ring is 1. The third kappa shape index (κ3) is 2.48. The van der Waals surface area contributed by atoms with Crippen molar-refractivity contribution in [3.63, 3.8) is 0 Å².